The third kappa shape index (κ3) is 3.91. The lowest BCUT2D eigenvalue weighted by Gasteiger charge is -2.27. The van der Waals surface area contributed by atoms with Crippen molar-refractivity contribution < 1.29 is 9.47 Å². The largest absolute Gasteiger partial charge is 0.497 e. The number of benzene rings is 1. The third-order valence-corrected chi connectivity index (χ3v) is 4.85. The summed E-state index contributed by atoms with van der Waals surface area (Å²) in [6.07, 6.45) is 2.11. The van der Waals surface area contributed by atoms with Gasteiger partial charge in [0.1, 0.15) is 17.3 Å². The van der Waals surface area contributed by atoms with E-state index in [0.29, 0.717) is 5.95 Å². The molecule has 0 saturated carbocycles. The number of hydrogen-bond acceptors (Lipinski definition) is 7. The van der Waals surface area contributed by atoms with E-state index >= 15 is 0 Å². The van der Waals surface area contributed by atoms with Crippen LogP contribution in [0.5, 0.6) is 11.5 Å². The summed E-state index contributed by atoms with van der Waals surface area (Å²) in [5.41, 5.74) is 1.13. The number of rotatable bonds is 6. The second-order valence-corrected chi connectivity index (χ2v) is 7.30. The van der Waals surface area contributed by atoms with Gasteiger partial charge in [-0.2, -0.15) is 15.0 Å². The molecule has 1 aliphatic rings. The van der Waals surface area contributed by atoms with Crippen LogP contribution in [0.25, 0.3) is 0 Å². The zero-order chi connectivity index (χ0) is 19.6. The summed E-state index contributed by atoms with van der Waals surface area (Å²) in [5, 5.41) is 0. The fraction of sp³-hybridized carbons (Fsp3) is 0.550. The van der Waals surface area contributed by atoms with Crippen LogP contribution in [0.15, 0.2) is 18.2 Å². The summed E-state index contributed by atoms with van der Waals surface area (Å²) >= 11 is 0. The molecule has 3 rings (SSSR count). The Morgan fingerprint density at radius 1 is 1.11 bits per heavy atom. The van der Waals surface area contributed by atoms with Crippen LogP contribution in [0, 0.1) is 0 Å². The van der Waals surface area contributed by atoms with Gasteiger partial charge in [-0.05, 0) is 25.0 Å². The highest BCUT2D eigenvalue weighted by Gasteiger charge is 2.31. The van der Waals surface area contributed by atoms with Crippen molar-refractivity contribution in [2.24, 2.45) is 0 Å². The number of ether oxygens (including phenoxy) is 2. The molecule has 1 saturated heterocycles. The van der Waals surface area contributed by atoms with Crippen molar-refractivity contribution in [1.82, 2.24) is 15.0 Å². The van der Waals surface area contributed by atoms with Gasteiger partial charge in [-0.15, -0.1) is 0 Å². The van der Waals surface area contributed by atoms with Crippen LogP contribution in [0.2, 0.25) is 0 Å². The van der Waals surface area contributed by atoms with Gasteiger partial charge in [0.15, 0.2) is 0 Å². The lowest BCUT2D eigenvalue weighted by molar-refractivity contribution is 0.388. The highest BCUT2D eigenvalue weighted by Crippen LogP contribution is 2.40. The van der Waals surface area contributed by atoms with Crippen molar-refractivity contribution in [3.8, 4) is 11.5 Å². The molecule has 1 fully saturated rings. The molecule has 0 aliphatic carbocycles. The van der Waals surface area contributed by atoms with Gasteiger partial charge in [0, 0.05) is 38.2 Å². The molecule has 1 atom stereocenters. The third-order valence-electron chi connectivity index (χ3n) is 4.85. The predicted octanol–water partition coefficient (Wildman–Crippen LogP) is 3.42. The quantitative estimate of drug-likeness (QED) is 0.771. The molecule has 1 aromatic carbocycles. The fourth-order valence-corrected chi connectivity index (χ4v) is 3.38. The SMILES string of the molecule is COc1ccc(C2CCCN2c2nc(C(C)C)nc(N(C)C)n2)c(OC)c1. The smallest absolute Gasteiger partial charge is 0.230 e. The number of aromatic nitrogens is 3. The second kappa shape index (κ2) is 7.98. The molecular formula is C20H29N5O2. The van der Waals surface area contributed by atoms with Gasteiger partial charge in [-0.1, -0.05) is 13.8 Å². The van der Waals surface area contributed by atoms with Gasteiger partial charge in [0.05, 0.1) is 20.3 Å². The molecule has 0 N–H and O–H groups in total. The van der Waals surface area contributed by atoms with Crippen molar-refractivity contribution in [2.45, 2.75) is 38.6 Å². The standard InChI is InChI=1S/C20H29N5O2/c1-13(2)18-21-19(24(3)4)23-20(22-18)25-11-7-8-16(25)15-10-9-14(26-5)12-17(15)27-6/h9-10,12-13,16H,7-8,11H2,1-6H3. The molecule has 2 heterocycles. The van der Waals surface area contributed by atoms with Gasteiger partial charge in [-0.3, -0.25) is 0 Å². The zero-order valence-electron chi connectivity index (χ0n) is 17.1. The minimum absolute atomic E-state index is 0.170. The van der Waals surface area contributed by atoms with Crippen LogP contribution < -0.4 is 19.3 Å². The van der Waals surface area contributed by atoms with E-state index in [9.17, 15) is 0 Å². The Morgan fingerprint density at radius 3 is 2.52 bits per heavy atom. The second-order valence-electron chi connectivity index (χ2n) is 7.30. The lowest BCUT2D eigenvalue weighted by Crippen LogP contribution is -2.27. The van der Waals surface area contributed by atoms with Crippen LogP contribution >= 0.6 is 0 Å². The molecule has 0 bridgehead atoms. The molecule has 7 nitrogen and oxygen atoms in total. The Balaban J connectivity index is 2.02. The summed E-state index contributed by atoms with van der Waals surface area (Å²) in [5.74, 6) is 4.10. The normalized spacial score (nSPS) is 16.7. The van der Waals surface area contributed by atoms with Crippen LogP contribution in [0.4, 0.5) is 11.9 Å². The summed E-state index contributed by atoms with van der Waals surface area (Å²) in [7, 11) is 7.27. The van der Waals surface area contributed by atoms with E-state index in [1.165, 1.54) is 0 Å². The van der Waals surface area contributed by atoms with Crippen molar-refractivity contribution in [3.05, 3.63) is 29.6 Å². The van der Waals surface area contributed by atoms with Crippen LogP contribution in [-0.2, 0) is 0 Å². The number of methoxy groups -OCH3 is 2. The Kier molecular flexibility index (Phi) is 5.68. The maximum Gasteiger partial charge on any atom is 0.230 e. The first-order valence-electron chi connectivity index (χ1n) is 9.36. The van der Waals surface area contributed by atoms with Crippen molar-refractivity contribution in [1.29, 1.82) is 0 Å². The minimum Gasteiger partial charge on any atom is -0.497 e. The highest BCUT2D eigenvalue weighted by atomic mass is 16.5. The maximum atomic E-state index is 5.64. The van der Waals surface area contributed by atoms with E-state index in [4.69, 9.17) is 19.4 Å². The highest BCUT2D eigenvalue weighted by molar-refractivity contribution is 5.49. The first-order chi connectivity index (χ1) is 12.9. The fourth-order valence-electron chi connectivity index (χ4n) is 3.38. The molecule has 27 heavy (non-hydrogen) atoms. The first-order valence-corrected chi connectivity index (χ1v) is 9.36. The minimum atomic E-state index is 0.170. The van der Waals surface area contributed by atoms with Gasteiger partial charge in [0.2, 0.25) is 11.9 Å². The summed E-state index contributed by atoms with van der Waals surface area (Å²) in [4.78, 5) is 18.3. The Morgan fingerprint density at radius 2 is 1.89 bits per heavy atom. The van der Waals surface area contributed by atoms with Crippen LogP contribution in [0.3, 0.4) is 0 Å². The molecule has 1 aromatic heterocycles. The zero-order valence-corrected chi connectivity index (χ0v) is 17.1. The molecule has 146 valence electrons. The Bertz CT molecular complexity index is 768. The van der Waals surface area contributed by atoms with E-state index < -0.39 is 0 Å². The topological polar surface area (TPSA) is 63.6 Å². The Hall–Kier alpha value is -2.57. The molecule has 0 amide bonds. The van der Waals surface area contributed by atoms with E-state index in [0.717, 1.165) is 48.2 Å². The predicted molar refractivity (Wildman–Crippen MR) is 107 cm³/mol. The molecule has 2 aromatic rings. The van der Waals surface area contributed by atoms with Crippen molar-refractivity contribution in [2.75, 3.05) is 44.7 Å². The first kappa shape index (κ1) is 19.2. The number of nitrogens with zero attached hydrogens (tertiary/aromatic N) is 5. The number of hydrogen-bond donors (Lipinski definition) is 0. The average Bonchev–Trinajstić information content (AvgIpc) is 3.16. The van der Waals surface area contributed by atoms with E-state index in [-0.39, 0.29) is 12.0 Å². The summed E-state index contributed by atoms with van der Waals surface area (Å²) in [6.45, 7) is 5.12. The molecule has 0 spiro atoms. The van der Waals surface area contributed by atoms with Crippen molar-refractivity contribution in [3.63, 3.8) is 0 Å². The molecule has 0 radical (unpaired) electrons. The van der Waals surface area contributed by atoms with Gasteiger partial charge >= 0.3 is 0 Å². The molecule has 7 heteroatoms. The van der Waals surface area contributed by atoms with Gasteiger partial charge in [0.25, 0.3) is 0 Å². The van der Waals surface area contributed by atoms with Crippen molar-refractivity contribution >= 4 is 11.9 Å². The van der Waals surface area contributed by atoms with E-state index in [1.54, 1.807) is 14.2 Å². The molecular weight excluding hydrogens is 342 g/mol. The van der Waals surface area contributed by atoms with Crippen LogP contribution in [-0.4, -0.2) is 49.8 Å². The van der Waals surface area contributed by atoms with Gasteiger partial charge in [-0.25, -0.2) is 0 Å². The molecule has 1 unspecified atom stereocenters. The average molecular weight is 371 g/mol. The van der Waals surface area contributed by atoms with E-state index in [2.05, 4.69) is 29.8 Å². The number of anilines is 2. The summed E-state index contributed by atoms with van der Waals surface area (Å²) < 4.78 is 11.0. The maximum absolute atomic E-state index is 5.64. The monoisotopic (exact) mass is 371 g/mol. The van der Waals surface area contributed by atoms with E-state index in [1.807, 2.05) is 31.1 Å². The summed E-state index contributed by atoms with van der Waals surface area (Å²) in [6, 6.07) is 6.16. The Labute approximate surface area is 161 Å². The van der Waals surface area contributed by atoms with Gasteiger partial charge < -0.3 is 19.3 Å². The van der Waals surface area contributed by atoms with Crippen LogP contribution in [0.1, 0.15) is 50.0 Å². The lowest BCUT2D eigenvalue weighted by atomic mass is 10.0. The molecule has 1 aliphatic heterocycles.